The molecular formula is C10H15ClF3N3O2. The van der Waals surface area contributed by atoms with E-state index in [1.54, 1.807) is 0 Å². The Kier molecular flexibility index (Phi) is 7.02. The number of hydrogen-bond acceptors (Lipinski definition) is 5. The molecule has 1 aromatic rings. The summed E-state index contributed by atoms with van der Waals surface area (Å²) < 4.78 is 46.4. The van der Waals surface area contributed by atoms with E-state index in [1.807, 2.05) is 0 Å². The van der Waals surface area contributed by atoms with Crippen LogP contribution in [0.15, 0.2) is 12.4 Å². The molecule has 0 fully saturated rings. The van der Waals surface area contributed by atoms with Gasteiger partial charge in [-0.2, -0.15) is 13.2 Å². The number of aromatic nitrogens is 2. The maximum absolute atomic E-state index is 12.3. The van der Waals surface area contributed by atoms with E-state index in [9.17, 15) is 13.2 Å². The van der Waals surface area contributed by atoms with Gasteiger partial charge >= 0.3 is 6.18 Å². The molecule has 5 nitrogen and oxygen atoms in total. The summed E-state index contributed by atoms with van der Waals surface area (Å²) in [5.41, 5.74) is 6.06. The van der Waals surface area contributed by atoms with Crippen LogP contribution in [0, 0.1) is 0 Å². The van der Waals surface area contributed by atoms with Crippen molar-refractivity contribution < 1.29 is 22.6 Å². The second-order valence-corrected chi connectivity index (χ2v) is 3.64. The van der Waals surface area contributed by atoms with Gasteiger partial charge in [0.25, 0.3) is 0 Å². The lowest BCUT2D eigenvalue weighted by molar-refractivity contribution is -0.190. The highest BCUT2D eigenvalue weighted by Crippen LogP contribution is 2.24. The second kappa shape index (κ2) is 7.46. The van der Waals surface area contributed by atoms with Gasteiger partial charge in [-0.25, -0.2) is 9.97 Å². The molecule has 110 valence electrons. The topological polar surface area (TPSA) is 70.3 Å². The van der Waals surface area contributed by atoms with Crippen LogP contribution in [-0.4, -0.2) is 36.0 Å². The van der Waals surface area contributed by atoms with Gasteiger partial charge in [0.2, 0.25) is 5.88 Å². The SMILES string of the molecule is COCC(N)c1cc(O[C@H](C)C(F)(F)F)ncn1.Cl. The minimum absolute atomic E-state index is 0. The van der Waals surface area contributed by atoms with Crippen molar-refractivity contribution in [3.8, 4) is 5.88 Å². The third kappa shape index (κ3) is 5.58. The van der Waals surface area contributed by atoms with Gasteiger partial charge in [0.05, 0.1) is 18.3 Å². The molecule has 0 radical (unpaired) electrons. The van der Waals surface area contributed by atoms with Crippen molar-refractivity contribution in [3.63, 3.8) is 0 Å². The maximum Gasteiger partial charge on any atom is 0.425 e. The van der Waals surface area contributed by atoms with Crippen molar-refractivity contribution in [1.82, 2.24) is 9.97 Å². The Labute approximate surface area is 114 Å². The molecule has 19 heavy (non-hydrogen) atoms. The number of halogens is 4. The van der Waals surface area contributed by atoms with Crippen molar-refractivity contribution in [2.45, 2.75) is 25.2 Å². The summed E-state index contributed by atoms with van der Waals surface area (Å²) in [6.45, 7) is 1.10. The van der Waals surface area contributed by atoms with E-state index in [-0.39, 0.29) is 24.9 Å². The predicted molar refractivity (Wildman–Crippen MR) is 64.2 cm³/mol. The highest BCUT2D eigenvalue weighted by Gasteiger charge is 2.38. The van der Waals surface area contributed by atoms with Crippen LogP contribution >= 0.6 is 12.4 Å². The first-order valence-electron chi connectivity index (χ1n) is 5.14. The average Bonchev–Trinajstić information content (AvgIpc) is 2.28. The normalized spacial score (nSPS) is 14.4. The molecular weight excluding hydrogens is 287 g/mol. The van der Waals surface area contributed by atoms with Crippen molar-refractivity contribution in [3.05, 3.63) is 18.1 Å². The Hall–Kier alpha value is -1.12. The largest absolute Gasteiger partial charge is 0.465 e. The number of nitrogens with zero attached hydrogens (tertiary/aromatic N) is 2. The van der Waals surface area contributed by atoms with E-state index in [0.29, 0.717) is 5.69 Å². The Morgan fingerprint density at radius 3 is 2.53 bits per heavy atom. The zero-order valence-electron chi connectivity index (χ0n) is 10.3. The van der Waals surface area contributed by atoms with Crippen molar-refractivity contribution in [2.75, 3.05) is 13.7 Å². The fourth-order valence-corrected chi connectivity index (χ4v) is 1.13. The average molecular weight is 302 g/mol. The van der Waals surface area contributed by atoms with Crippen molar-refractivity contribution in [1.29, 1.82) is 0 Å². The molecule has 0 amide bonds. The van der Waals surface area contributed by atoms with E-state index in [4.69, 9.17) is 10.5 Å². The van der Waals surface area contributed by atoms with Crippen LogP contribution in [0.1, 0.15) is 18.7 Å². The monoisotopic (exact) mass is 301 g/mol. The summed E-state index contributed by atoms with van der Waals surface area (Å²) >= 11 is 0. The zero-order chi connectivity index (χ0) is 13.8. The van der Waals surface area contributed by atoms with Crippen LogP contribution in [0.4, 0.5) is 13.2 Å². The van der Waals surface area contributed by atoms with Gasteiger partial charge < -0.3 is 15.2 Å². The fourth-order valence-electron chi connectivity index (χ4n) is 1.13. The Morgan fingerprint density at radius 1 is 1.37 bits per heavy atom. The first-order valence-corrected chi connectivity index (χ1v) is 5.14. The van der Waals surface area contributed by atoms with Gasteiger partial charge in [0.15, 0.2) is 6.10 Å². The summed E-state index contributed by atoms with van der Waals surface area (Å²) in [4.78, 5) is 7.46. The molecule has 0 saturated carbocycles. The molecule has 0 aliphatic carbocycles. The fraction of sp³-hybridized carbons (Fsp3) is 0.600. The van der Waals surface area contributed by atoms with Gasteiger partial charge in [-0.3, -0.25) is 0 Å². The Morgan fingerprint density at radius 2 is 2.00 bits per heavy atom. The molecule has 0 spiro atoms. The quantitative estimate of drug-likeness (QED) is 0.899. The maximum atomic E-state index is 12.3. The smallest absolute Gasteiger partial charge is 0.425 e. The molecule has 2 N–H and O–H groups in total. The van der Waals surface area contributed by atoms with Gasteiger partial charge in [-0.05, 0) is 6.92 Å². The lowest BCUT2D eigenvalue weighted by Gasteiger charge is -2.17. The molecule has 1 aromatic heterocycles. The van der Waals surface area contributed by atoms with Crippen molar-refractivity contribution >= 4 is 12.4 Å². The molecule has 1 unspecified atom stereocenters. The van der Waals surface area contributed by atoms with E-state index in [2.05, 4.69) is 14.7 Å². The zero-order valence-corrected chi connectivity index (χ0v) is 11.2. The minimum atomic E-state index is -4.44. The highest BCUT2D eigenvalue weighted by molar-refractivity contribution is 5.85. The summed E-state index contributed by atoms with van der Waals surface area (Å²) in [5.74, 6) is -0.170. The van der Waals surface area contributed by atoms with E-state index < -0.39 is 18.3 Å². The van der Waals surface area contributed by atoms with Crippen LogP contribution in [0.25, 0.3) is 0 Å². The van der Waals surface area contributed by atoms with Crippen LogP contribution in [-0.2, 0) is 4.74 Å². The molecule has 1 rings (SSSR count). The number of alkyl halides is 3. The molecule has 0 aliphatic rings. The standard InChI is InChI=1S/C10H14F3N3O2.ClH/c1-6(10(11,12)13)18-9-3-8(15-5-16-9)7(14)4-17-2;/h3,5-7H,4,14H2,1-2H3;1H/t6-,7?;/m1./s1. The third-order valence-electron chi connectivity index (χ3n) is 2.15. The first kappa shape index (κ1) is 17.9. The molecule has 0 aliphatic heterocycles. The minimum Gasteiger partial charge on any atom is -0.465 e. The molecule has 0 bridgehead atoms. The van der Waals surface area contributed by atoms with Gasteiger partial charge in [-0.15, -0.1) is 12.4 Å². The number of ether oxygens (including phenoxy) is 2. The van der Waals surface area contributed by atoms with Crippen LogP contribution in [0.3, 0.4) is 0 Å². The Bertz CT molecular complexity index is 393. The lowest BCUT2D eigenvalue weighted by atomic mass is 10.2. The van der Waals surface area contributed by atoms with E-state index in [0.717, 1.165) is 13.3 Å². The van der Waals surface area contributed by atoms with Gasteiger partial charge in [-0.1, -0.05) is 0 Å². The van der Waals surface area contributed by atoms with Crippen LogP contribution < -0.4 is 10.5 Å². The van der Waals surface area contributed by atoms with E-state index >= 15 is 0 Å². The van der Waals surface area contributed by atoms with Gasteiger partial charge in [0, 0.05) is 13.2 Å². The molecule has 0 saturated heterocycles. The summed E-state index contributed by atoms with van der Waals surface area (Å²) in [7, 11) is 1.46. The second-order valence-electron chi connectivity index (χ2n) is 3.64. The summed E-state index contributed by atoms with van der Waals surface area (Å²) in [6.07, 6.45) is -5.29. The lowest BCUT2D eigenvalue weighted by Crippen LogP contribution is -2.31. The van der Waals surface area contributed by atoms with Crippen molar-refractivity contribution in [2.24, 2.45) is 5.73 Å². The summed E-state index contributed by atoms with van der Waals surface area (Å²) in [5, 5.41) is 0. The van der Waals surface area contributed by atoms with Gasteiger partial charge in [0.1, 0.15) is 6.33 Å². The number of methoxy groups -OCH3 is 1. The number of rotatable bonds is 5. The molecule has 0 aromatic carbocycles. The number of hydrogen-bond donors (Lipinski definition) is 1. The first-order chi connectivity index (χ1) is 8.34. The van der Waals surface area contributed by atoms with Crippen LogP contribution in [0.2, 0.25) is 0 Å². The predicted octanol–water partition coefficient (Wildman–Crippen LogP) is 1.87. The molecule has 9 heteroatoms. The molecule has 1 heterocycles. The Balaban J connectivity index is 0.00000324. The van der Waals surface area contributed by atoms with Crippen LogP contribution in [0.5, 0.6) is 5.88 Å². The molecule has 2 atom stereocenters. The number of nitrogens with two attached hydrogens (primary N) is 1. The highest BCUT2D eigenvalue weighted by atomic mass is 35.5. The summed E-state index contributed by atoms with van der Waals surface area (Å²) in [6, 6.07) is 0.730. The third-order valence-corrected chi connectivity index (χ3v) is 2.15. The van der Waals surface area contributed by atoms with E-state index in [1.165, 1.54) is 13.2 Å².